The van der Waals surface area contributed by atoms with Gasteiger partial charge in [0.1, 0.15) is 0 Å². The van der Waals surface area contributed by atoms with E-state index in [-0.39, 0.29) is 11.2 Å². The zero-order valence-electron chi connectivity index (χ0n) is 14.5. The van der Waals surface area contributed by atoms with Gasteiger partial charge in [0, 0.05) is 18.0 Å². The Kier molecular flexibility index (Phi) is 5.19. The van der Waals surface area contributed by atoms with Gasteiger partial charge in [-0.05, 0) is 20.8 Å². The Morgan fingerprint density at radius 1 is 1.24 bits per heavy atom. The molecule has 1 N–H and O–H groups in total. The minimum absolute atomic E-state index is 0.0979. The van der Waals surface area contributed by atoms with Crippen LogP contribution in [0.2, 0.25) is 0 Å². The summed E-state index contributed by atoms with van der Waals surface area (Å²) in [5.41, 5.74) is 3.10. The molecular formula is C17H19N5OS2. The predicted octanol–water partition coefficient (Wildman–Crippen LogP) is 3.67. The third kappa shape index (κ3) is 4.08. The third-order valence-electron chi connectivity index (χ3n) is 3.65. The molecule has 1 aromatic carbocycles. The molecule has 0 fully saturated rings. The van der Waals surface area contributed by atoms with E-state index in [1.54, 1.807) is 0 Å². The highest BCUT2D eigenvalue weighted by Gasteiger charge is 2.20. The summed E-state index contributed by atoms with van der Waals surface area (Å²) in [4.78, 5) is 16.6. The molecule has 0 aliphatic rings. The monoisotopic (exact) mass is 373 g/mol. The number of thioether (sulfide) groups is 1. The molecule has 6 nitrogen and oxygen atoms in total. The fourth-order valence-electron chi connectivity index (χ4n) is 2.20. The average molecular weight is 374 g/mol. The fraction of sp³-hybridized carbons (Fsp3) is 0.294. The lowest BCUT2D eigenvalue weighted by Crippen LogP contribution is -2.22. The quantitative estimate of drug-likeness (QED) is 0.691. The second-order valence-electron chi connectivity index (χ2n) is 5.77. The van der Waals surface area contributed by atoms with Gasteiger partial charge in [-0.3, -0.25) is 4.79 Å². The molecule has 2 heterocycles. The molecule has 25 heavy (non-hydrogen) atoms. The number of rotatable bonds is 5. The van der Waals surface area contributed by atoms with Crippen LogP contribution in [-0.2, 0) is 11.8 Å². The van der Waals surface area contributed by atoms with E-state index < -0.39 is 0 Å². The molecule has 0 radical (unpaired) electrons. The van der Waals surface area contributed by atoms with Crippen molar-refractivity contribution in [3.63, 3.8) is 0 Å². The van der Waals surface area contributed by atoms with E-state index in [0.717, 1.165) is 17.1 Å². The van der Waals surface area contributed by atoms with Crippen molar-refractivity contribution in [3.05, 3.63) is 40.9 Å². The minimum Gasteiger partial charge on any atom is -0.305 e. The Labute approximate surface area is 154 Å². The standard InChI is InChI=1S/C17H19N5OS2/c1-10-5-7-13(8-6-10)14-20-21-17(22(14)4)25-12(3)15(23)19-16-18-11(2)9-24-16/h5-9,12H,1-4H3,(H,18,19,23)/t12-/m0/s1. The summed E-state index contributed by atoms with van der Waals surface area (Å²) >= 11 is 2.80. The molecule has 1 amide bonds. The number of amides is 1. The molecule has 0 aliphatic heterocycles. The summed E-state index contributed by atoms with van der Waals surface area (Å²) in [6.07, 6.45) is 0. The van der Waals surface area contributed by atoms with Crippen LogP contribution >= 0.6 is 23.1 Å². The topological polar surface area (TPSA) is 72.7 Å². The fourth-order valence-corrected chi connectivity index (χ4v) is 3.71. The smallest absolute Gasteiger partial charge is 0.239 e. The molecule has 3 aromatic rings. The van der Waals surface area contributed by atoms with Crippen molar-refractivity contribution in [1.82, 2.24) is 19.7 Å². The Morgan fingerprint density at radius 3 is 2.60 bits per heavy atom. The molecule has 0 bridgehead atoms. The maximum Gasteiger partial charge on any atom is 0.239 e. The first kappa shape index (κ1) is 17.6. The molecule has 0 saturated heterocycles. The minimum atomic E-state index is -0.307. The van der Waals surface area contributed by atoms with Crippen molar-refractivity contribution >= 4 is 34.1 Å². The largest absolute Gasteiger partial charge is 0.305 e. The average Bonchev–Trinajstić information content (AvgIpc) is 3.15. The number of thiazole rings is 1. The number of anilines is 1. The first-order valence-electron chi connectivity index (χ1n) is 7.80. The number of carbonyl (C=O) groups is 1. The summed E-state index contributed by atoms with van der Waals surface area (Å²) < 4.78 is 1.91. The van der Waals surface area contributed by atoms with Crippen LogP contribution in [0.3, 0.4) is 0 Å². The Hall–Kier alpha value is -2.19. The van der Waals surface area contributed by atoms with E-state index in [0.29, 0.717) is 10.3 Å². The number of hydrogen-bond acceptors (Lipinski definition) is 6. The summed E-state index contributed by atoms with van der Waals surface area (Å²) in [5.74, 6) is 0.685. The second kappa shape index (κ2) is 7.37. The molecule has 2 aromatic heterocycles. The summed E-state index contributed by atoms with van der Waals surface area (Å²) in [7, 11) is 1.91. The van der Waals surface area contributed by atoms with Gasteiger partial charge in [-0.15, -0.1) is 21.5 Å². The molecule has 1 atom stereocenters. The van der Waals surface area contributed by atoms with Crippen LogP contribution in [0.25, 0.3) is 11.4 Å². The first-order chi connectivity index (χ1) is 11.9. The molecule has 3 rings (SSSR count). The van der Waals surface area contributed by atoms with Crippen LogP contribution in [0.15, 0.2) is 34.8 Å². The summed E-state index contributed by atoms with van der Waals surface area (Å²) in [6, 6.07) is 8.13. The van der Waals surface area contributed by atoms with Crippen LogP contribution in [0.1, 0.15) is 18.2 Å². The molecule has 0 unspecified atom stereocenters. The van der Waals surface area contributed by atoms with E-state index in [9.17, 15) is 4.79 Å². The third-order valence-corrected chi connectivity index (χ3v) is 5.65. The number of benzene rings is 1. The van der Waals surface area contributed by atoms with Crippen LogP contribution in [0.5, 0.6) is 0 Å². The van der Waals surface area contributed by atoms with Crippen LogP contribution in [-0.4, -0.2) is 30.9 Å². The number of aryl methyl sites for hydroxylation is 2. The van der Waals surface area contributed by atoms with Gasteiger partial charge in [-0.25, -0.2) is 4.98 Å². The van der Waals surface area contributed by atoms with Crippen molar-refractivity contribution in [1.29, 1.82) is 0 Å². The van der Waals surface area contributed by atoms with Gasteiger partial charge in [-0.2, -0.15) is 0 Å². The molecule has 130 valence electrons. The van der Waals surface area contributed by atoms with Gasteiger partial charge in [0.2, 0.25) is 5.91 Å². The molecule has 0 spiro atoms. The van der Waals surface area contributed by atoms with Crippen LogP contribution in [0.4, 0.5) is 5.13 Å². The summed E-state index contributed by atoms with van der Waals surface area (Å²) in [5, 5.41) is 14.3. The normalized spacial score (nSPS) is 12.2. The van der Waals surface area contributed by atoms with E-state index in [1.807, 2.05) is 62.0 Å². The maximum atomic E-state index is 12.3. The van der Waals surface area contributed by atoms with Gasteiger partial charge in [0.05, 0.1) is 10.9 Å². The van der Waals surface area contributed by atoms with Gasteiger partial charge in [-0.1, -0.05) is 41.6 Å². The summed E-state index contributed by atoms with van der Waals surface area (Å²) in [6.45, 7) is 5.79. The number of hydrogen-bond donors (Lipinski definition) is 1. The lowest BCUT2D eigenvalue weighted by Gasteiger charge is -2.10. The van der Waals surface area contributed by atoms with E-state index in [2.05, 4.69) is 20.5 Å². The van der Waals surface area contributed by atoms with Gasteiger partial charge < -0.3 is 9.88 Å². The van der Waals surface area contributed by atoms with E-state index in [4.69, 9.17) is 0 Å². The van der Waals surface area contributed by atoms with Crippen molar-refractivity contribution < 1.29 is 4.79 Å². The molecule has 8 heteroatoms. The van der Waals surface area contributed by atoms with Crippen molar-refractivity contribution in [2.24, 2.45) is 7.05 Å². The molecule has 0 aliphatic carbocycles. The number of nitrogens with one attached hydrogen (secondary N) is 1. The van der Waals surface area contributed by atoms with Gasteiger partial charge >= 0.3 is 0 Å². The number of carbonyl (C=O) groups excluding carboxylic acids is 1. The SMILES string of the molecule is Cc1ccc(-c2nnc(S[C@@H](C)C(=O)Nc3nc(C)cs3)n2C)cc1. The molecule has 0 saturated carbocycles. The van der Waals surface area contributed by atoms with Crippen molar-refractivity contribution in [2.45, 2.75) is 31.2 Å². The van der Waals surface area contributed by atoms with E-state index in [1.165, 1.54) is 28.7 Å². The highest BCUT2D eigenvalue weighted by molar-refractivity contribution is 8.00. The number of nitrogens with zero attached hydrogens (tertiary/aromatic N) is 4. The Balaban J connectivity index is 1.70. The van der Waals surface area contributed by atoms with E-state index >= 15 is 0 Å². The first-order valence-corrected chi connectivity index (χ1v) is 9.56. The second-order valence-corrected chi connectivity index (χ2v) is 7.94. The zero-order valence-corrected chi connectivity index (χ0v) is 16.1. The molecular weight excluding hydrogens is 354 g/mol. The highest BCUT2D eigenvalue weighted by atomic mass is 32.2. The predicted molar refractivity (Wildman–Crippen MR) is 102 cm³/mol. The lowest BCUT2D eigenvalue weighted by atomic mass is 10.1. The van der Waals surface area contributed by atoms with Gasteiger partial charge in [0.25, 0.3) is 0 Å². The maximum absolute atomic E-state index is 12.3. The number of aromatic nitrogens is 4. The van der Waals surface area contributed by atoms with Crippen LogP contribution < -0.4 is 5.32 Å². The lowest BCUT2D eigenvalue weighted by molar-refractivity contribution is -0.115. The Bertz CT molecular complexity index is 885. The van der Waals surface area contributed by atoms with Crippen molar-refractivity contribution in [2.75, 3.05) is 5.32 Å². The Morgan fingerprint density at radius 2 is 1.96 bits per heavy atom. The zero-order chi connectivity index (χ0) is 18.0. The van der Waals surface area contributed by atoms with Crippen LogP contribution in [0, 0.1) is 13.8 Å². The van der Waals surface area contributed by atoms with Gasteiger partial charge in [0.15, 0.2) is 16.1 Å². The van der Waals surface area contributed by atoms with Crippen molar-refractivity contribution in [3.8, 4) is 11.4 Å². The highest BCUT2D eigenvalue weighted by Crippen LogP contribution is 2.26.